The van der Waals surface area contributed by atoms with Gasteiger partial charge in [0.25, 0.3) is 0 Å². The van der Waals surface area contributed by atoms with Gasteiger partial charge in [0.1, 0.15) is 6.10 Å². The third kappa shape index (κ3) is 2.18. The SMILES string of the molecule is O=C1O[C@@H]([C@H](O)c2cc(Cl)ccc2Cl)c2ccccc21. The van der Waals surface area contributed by atoms with Gasteiger partial charge < -0.3 is 9.84 Å². The zero-order valence-corrected chi connectivity index (χ0v) is 11.7. The Kier molecular flexibility index (Phi) is 3.42. The van der Waals surface area contributed by atoms with Gasteiger partial charge in [0.15, 0.2) is 6.10 Å². The Morgan fingerprint density at radius 2 is 1.90 bits per heavy atom. The first-order valence-corrected chi connectivity index (χ1v) is 6.76. The fraction of sp³-hybridized carbons (Fsp3) is 0.133. The molecule has 2 atom stereocenters. The number of benzene rings is 2. The highest BCUT2D eigenvalue weighted by Gasteiger charge is 2.37. The highest BCUT2D eigenvalue weighted by molar-refractivity contribution is 6.33. The van der Waals surface area contributed by atoms with Crippen LogP contribution in [0.25, 0.3) is 0 Å². The average molecular weight is 309 g/mol. The molecule has 102 valence electrons. The molecule has 2 aromatic carbocycles. The van der Waals surface area contributed by atoms with Crippen LogP contribution in [0, 0.1) is 0 Å². The first-order valence-electron chi connectivity index (χ1n) is 6.01. The summed E-state index contributed by atoms with van der Waals surface area (Å²) < 4.78 is 5.25. The predicted molar refractivity (Wildman–Crippen MR) is 76.0 cm³/mol. The minimum atomic E-state index is -1.06. The lowest BCUT2D eigenvalue weighted by molar-refractivity contribution is -0.0102. The Bertz CT molecular complexity index is 685. The lowest BCUT2D eigenvalue weighted by Gasteiger charge is -2.19. The van der Waals surface area contributed by atoms with Crippen LogP contribution < -0.4 is 0 Å². The van der Waals surface area contributed by atoms with E-state index in [2.05, 4.69) is 0 Å². The standard InChI is InChI=1S/C15H10Cl2O3/c16-8-5-6-12(17)11(7-8)13(18)14-9-3-1-2-4-10(9)15(19)20-14/h1-7,13-14,18H/t13-,14-/m1/s1. The van der Waals surface area contributed by atoms with E-state index in [9.17, 15) is 9.90 Å². The summed E-state index contributed by atoms with van der Waals surface area (Å²) in [5.41, 5.74) is 1.56. The number of halogens is 2. The molecule has 3 nitrogen and oxygen atoms in total. The van der Waals surface area contributed by atoms with Crippen molar-refractivity contribution in [3.8, 4) is 0 Å². The number of hydrogen-bond donors (Lipinski definition) is 1. The molecule has 0 aromatic heterocycles. The summed E-state index contributed by atoms with van der Waals surface area (Å²) >= 11 is 12.0. The van der Waals surface area contributed by atoms with Crippen LogP contribution in [0.4, 0.5) is 0 Å². The van der Waals surface area contributed by atoms with Crippen molar-refractivity contribution in [1.82, 2.24) is 0 Å². The number of esters is 1. The predicted octanol–water partition coefficient (Wildman–Crippen LogP) is 3.94. The van der Waals surface area contributed by atoms with E-state index >= 15 is 0 Å². The maximum atomic E-state index is 11.8. The molecule has 0 saturated heterocycles. The molecular formula is C15H10Cl2O3. The van der Waals surface area contributed by atoms with Crippen LogP contribution in [-0.2, 0) is 4.74 Å². The fourth-order valence-electron chi connectivity index (χ4n) is 2.31. The number of carbonyl (C=O) groups is 1. The van der Waals surface area contributed by atoms with Crippen molar-refractivity contribution in [3.63, 3.8) is 0 Å². The molecule has 0 fully saturated rings. The summed E-state index contributed by atoms with van der Waals surface area (Å²) in [6, 6.07) is 11.8. The molecule has 0 saturated carbocycles. The molecule has 20 heavy (non-hydrogen) atoms. The van der Waals surface area contributed by atoms with Crippen molar-refractivity contribution in [2.24, 2.45) is 0 Å². The van der Waals surface area contributed by atoms with Gasteiger partial charge in [-0.2, -0.15) is 0 Å². The highest BCUT2D eigenvalue weighted by atomic mass is 35.5. The molecule has 5 heteroatoms. The first-order chi connectivity index (χ1) is 9.58. The number of cyclic esters (lactones) is 1. The van der Waals surface area contributed by atoms with E-state index in [0.717, 1.165) is 0 Å². The Morgan fingerprint density at radius 3 is 2.70 bits per heavy atom. The van der Waals surface area contributed by atoms with Crippen LogP contribution in [0.3, 0.4) is 0 Å². The fourth-order valence-corrected chi connectivity index (χ4v) is 2.72. The van der Waals surface area contributed by atoms with E-state index in [1.54, 1.807) is 42.5 Å². The van der Waals surface area contributed by atoms with Crippen LogP contribution in [0.1, 0.15) is 33.7 Å². The number of aliphatic hydroxyl groups is 1. The number of rotatable bonds is 2. The van der Waals surface area contributed by atoms with Crippen molar-refractivity contribution in [2.75, 3.05) is 0 Å². The van der Waals surface area contributed by atoms with Gasteiger partial charge in [0, 0.05) is 21.2 Å². The van der Waals surface area contributed by atoms with Crippen molar-refractivity contribution >= 4 is 29.2 Å². The second kappa shape index (κ2) is 5.09. The van der Waals surface area contributed by atoms with Crippen molar-refractivity contribution in [2.45, 2.75) is 12.2 Å². The quantitative estimate of drug-likeness (QED) is 0.855. The number of aliphatic hydroxyl groups excluding tert-OH is 1. The third-order valence-corrected chi connectivity index (χ3v) is 3.86. The van der Waals surface area contributed by atoms with Gasteiger partial charge in [-0.3, -0.25) is 0 Å². The second-order valence-corrected chi connectivity index (χ2v) is 5.37. The number of ether oxygens (including phenoxy) is 1. The molecule has 1 N–H and O–H groups in total. The largest absolute Gasteiger partial charge is 0.451 e. The number of fused-ring (bicyclic) bond motifs is 1. The molecule has 0 bridgehead atoms. The molecule has 1 aliphatic rings. The molecule has 0 amide bonds. The van der Waals surface area contributed by atoms with Crippen LogP contribution in [0.5, 0.6) is 0 Å². The molecule has 3 rings (SSSR count). The van der Waals surface area contributed by atoms with Crippen LogP contribution in [-0.4, -0.2) is 11.1 Å². The molecule has 1 heterocycles. The monoisotopic (exact) mass is 308 g/mol. The second-order valence-electron chi connectivity index (χ2n) is 4.52. The minimum absolute atomic E-state index is 0.377. The smallest absolute Gasteiger partial charge is 0.339 e. The average Bonchev–Trinajstić information content (AvgIpc) is 2.79. The molecule has 2 aromatic rings. The lowest BCUT2D eigenvalue weighted by atomic mass is 9.97. The Balaban J connectivity index is 2.02. The summed E-state index contributed by atoms with van der Waals surface area (Å²) in [4.78, 5) is 11.8. The van der Waals surface area contributed by atoms with E-state index in [4.69, 9.17) is 27.9 Å². The molecule has 0 radical (unpaired) electrons. The van der Waals surface area contributed by atoms with Gasteiger partial charge >= 0.3 is 5.97 Å². The van der Waals surface area contributed by atoms with Crippen LogP contribution >= 0.6 is 23.2 Å². The number of carbonyl (C=O) groups excluding carboxylic acids is 1. The minimum Gasteiger partial charge on any atom is -0.451 e. The summed E-state index contributed by atoms with van der Waals surface area (Å²) in [6.45, 7) is 0. The van der Waals surface area contributed by atoms with Gasteiger partial charge in [-0.15, -0.1) is 0 Å². The van der Waals surface area contributed by atoms with Gasteiger partial charge in [-0.25, -0.2) is 4.79 Å². The maximum Gasteiger partial charge on any atom is 0.339 e. The van der Waals surface area contributed by atoms with Gasteiger partial charge in [0.05, 0.1) is 5.56 Å². The van der Waals surface area contributed by atoms with Gasteiger partial charge in [-0.05, 0) is 24.3 Å². The summed E-state index contributed by atoms with van der Waals surface area (Å²) in [7, 11) is 0. The molecule has 1 aliphatic heterocycles. The zero-order chi connectivity index (χ0) is 14.3. The van der Waals surface area contributed by atoms with Crippen molar-refractivity contribution < 1.29 is 14.6 Å². The van der Waals surface area contributed by atoms with Crippen molar-refractivity contribution in [3.05, 3.63) is 69.2 Å². The topological polar surface area (TPSA) is 46.5 Å². The number of hydrogen-bond acceptors (Lipinski definition) is 3. The first kappa shape index (κ1) is 13.4. The van der Waals surface area contributed by atoms with Crippen LogP contribution in [0.2, 0.25) is 10.0 Å². The Labute approximate surface area is 125 Å². The van der Waals surface area contributed by atoms with Crippen molar-refractivity contribution in [1.29, 1.82) is 0 Å². The van der Waals surface area contributed by atoms with E-state index in [-0.39, 0.29) is 0 Å². The van der Waals surface area contributed by atoms with E-state index < -0.39 is 18.2 Å². The van der Waals surface area contributed by atoms with Gasteiger partial charge in [0.2, 0.25) is 0 Å². The van der Waals surface area contributed by atoms with Crippen LogP contribution in [0.15, 0.2) is 42.5 Å². The summed E-state index contributed by atoms with van der Waals surface area (Å²) in [6.07, 6.45) is -1.83. The normalized spacial score (nSPS) is 18.6. The molecule has 0 unspecified atom stereocenters. The third-order valence-electron chi connectivity index (χ3n) is 3.28. The van der Waals surface area contributed by atoms with E-state index in [1.807, 2.05) is 0 Å². The van der Waals surface area contributed by atoms with E-state index in [1.165, 1.54) is 0 Å². The van der Waals surface area contributed by atoms with E-state index in [0.29, 0.717) is 26.7 Å². The maximum absolute atomic E-state index is 11.8. The molecule has 0 aliphatic carbocycles. The Morgan fingerprint density at radius 1 is 1.15 bits per heavy atom. The summed E-state index contributed by atoms with van der Waals surface area (Å²) in [5.74, 6) is -0.442. The molecule has 0 spiro atoms. The zero-order valence-electron chi connectivity index (χ0n) is 10.2. The highest BCUT2D eigenvalue weighted by Crippen LogP contribution is 2.41. The summed E-state index contributed by atoms with van der Waals surface area (Å²) in [5, 5.41) is 11.3. The van der Waals surface area contributed by atoms with Gasteiger partial charge in [-0.1, -0.05) is 41.4 Å². The lowest BCUT2D eigenvalue weighted by Crippen LogP contribution is -2.11. The Hall–Kier alpha value is -1.55. The molecular weight excluding hydrogens is 299 g/mol.